The Morgan fingerprint density at radius 1 is 0.951 bits per heavy atom. The van der Waals surface area contributed by atoms with Crippen LogP contribution < -0.4 is 16.0 Å². The van der Waals surface area contributed by atoms with Crippen LogP contribution >= 0.6 is 11.3 Å². The first-order chi connectivity index (χ1) is 19.8. The molecule has 0 fully saturated rings. The number of carbonyl (C=O) groups is 4. The molecule has 4 aromatic rings. The number of amides is 2. The third kappa shape index (κ3) is 8.42. The topological polar surface area (TPSA) is 150 Å². The summed E-state index contributed by atoms with van der Waals surface area (Å²) in [5, 5.41) is 19.6. The molecule has 2 aromatic heterocycles. The molecule has 212 valence electrons. The highest BCUT2D eigenvalue weighted by atomic mass is 32.1. The van der Waals surface area contributed by atoms with Crippen LogP contribution in [-0.2, 0) is 14.4 Å². The lowest BCUT2D eigenvalue weighted by atomic mass is 9.98. The third-order valence-electron chi connectivity index (χ3n) is 6.46. The van der Waals surface area contributed by atoms with Gasteiger partial charge in [0.1, 0.15) is 5.82 Å². The Morgan fingerprint density at radius 3 is 2.39 bits per heavy atom. The Bertz CT molecular complexity index is 1510. The number of anilines is 2. The number of carboxylic acid groups (broad SMARTS) is 1. The van der Waals surface area contributed by atoms with Crippen molar-refractivity contribution in [2.24, 2.45) is 0 Å². The fraction of sp³-hybridized carbons (Fsp3) is 0.267. The predicted octanol–water partition coefficient (Wildman–Crippen LogP) is 4.67. The minimum Gasteiger partial charge on any atom is -0.481 e. The van der Waals surface area contributed by atoms with Gasteiger partial charge in [-0.2, -0.15) is 0 Å². The van der Waals surface area contributed by atoms with Gasteiger partial charge in [-0.15, -0.1) is 11.3 Å². The maximum Gasteiger partial charge on any atom is 0.305 e. The SMILES string of the molecule is CC(=O)[C@H](CC(=O)O)NC(=O)[C@H](CCCCNC(=O)c1ccc(Nc2cnc3ccccc3n2)cc1)c1cccs1. The van der Waals surface area contributed by atoms with E-state index in [1.165, 1.54) is 18.3 Å². The van der Waals surface area contributed by atoms with Crippen molar-refractivity contribution in [3.8, 4) is 0 Å². The summed E-state index contributed by atoms with van der Waals surface area (Å²) in [5.41, 5.74) is 2.89. The van der Waals surface area contributed by atoms with E-state index >= 15 is 0 Å². The molecule has 41 heavy (non-hydrogen) atoms. The fourth-order valence-corrected chi connectivity index (χ4v) is 5.14. The van der Waals surface area contributed by atoms with E-state index in [0.29, 0.717) is 37.2 Å². The first-order valence-electron chi connectivity index (χ1n) is 13.2. The number of benzene rings is 2. The standard InChI is InChI=1S/C30H31N5O5S/c1-19(36)25(17-28(37)38)35-30(40)22(26-10-6-16-41-26)7-4-5-15-31-29(39)20-11-13-21(14-12-20)33-27-18-32-23-8-2-3-9-24(23)34-27/h2-3,6,8-14,16,18,22,25H,4-5,7,15,17H2,1H3,(H,31,39)(H,33,34)(H,35,40)(H,37,38)/t22-,25+/m1/s1. The quantitative estimate of drug-likeness (QED) is 0.159. The fourth-order valence-electron chi connectivity index (χ4n) is 4.28. The molecule has 2 amide bonds. The average molecular weight is 574 g/mol. The van der Waals surface area contributed by atoms with Crippen molar-refractivity contribution >= 4 is 57.4 Å². The normalized spacial score (nSPS) is 12.3. The molecular formula is C30H31N5O5S. The summed E-state index contributed by atoms with van der Waals surface area (Å²) in [4.78, 5) is 58.3. The average Bonchev–Trinajstić information content (AvgIpc) is 3.49. The van der Waals surface area contributed by atoms with Crippen molar-refractivity contribution in [1.29, 1.82) is 0 Å². The van der Waals surface area contributed by atoms with Crippen LogP contribution in [0.2, 0.25) is 0 Å². The third-order valence-corrected chi connectivity index (χ3v) is 7.45. The summed E-state index contributed by atoms with van der Waals surface area (Å²) in [5.74, 6) is -2.03. The first-order valence-corrected chi connectivity index (χ1v) is 14.1. The monoisotopic (exact) mass is 573 g/mol. The van der Waals surface area contributed by atoms with Gasteiger partial charge in [0, 0.05) is 22.7 Å². The highest BCUT2D eigenvalue weighted by molar-refractivity contribution is 7.10. The summed E-state index contributed by atoms with van der Waals surface area (Å²) < 4.78 is 0. The lowest BCUT2D eigenvalue weighted by Crippen LogP contribution is -2.43. The molecule has 0 spiro atoms. The van der Waals surface area contributed by atoms with Crippen molar-refractivity contribution in [2.45, 2.75) is 44.6 Å². The number of rotatable bonds is 14. The molecular weight excluding hydrogens is 542 g/mol. The number of nitrogens with one attached hydrogen (secondary N) is 3. The number of unbranched alkanes of at least 4 members (excludes halogenated alkanes) is 1. The largest absolute Gasteiger partial charge is 0.481 e. The summed E-state index contributed by atoms with van der Waals surface area (Å²) >= 11 is 1.43. The Hall–Kier alpha value is -4.64. The second-order valence-corrected chi connectivity index (χ2v) is 10.5. The minimum absolute atomic E-state index is 0.201. The van der Waals surface area contributed by atoms with Gasteiger partial charge in [-0.1, -0.05) is 24.6 Å². The van der Waals surface area contributed by atoms with Crippen LogP contribution in [0, 0.1) is 0 Å². The molecule has 0 radical (unpaired) electrons. The maximum absolute atomic E-state index is 13.0. The molecule has 0 saturated heterocycles. The van der Waals surface area contributed by atoms with Crippen LogP contribution in [0.15, 0.2) is 72.2 Å². The number of thiophene rings is 1. The van der Waals surface area contributed by atoms with Crippen molar-refractivity contribution in [1.82, 2.24) is 20.6 Å². The van der Waals surface area contributed by atoms with Gasteiger partial charge in [0.05, 0.1) is 35.6 Å². The van der Waals surface area contributed by atoms with Crippen LogP contribution in [0.3, 0.4) is 0 Å². The lowest BCUT2D eigenvalue weighted by molar-refractivity contribution is -0.140. The Kier molecular flexibility index (Phi) is 10.1. The molecule has 0 aliphatic heterocycles. The second-order valence-electron chi connectivity index (χ2n) is 9.54. The van der Waals surface area contributed by atoms with Gasteiger partial charge in [-0.3, -0.25) is 24.2 Å². The minimum atomic E-state index is -1.15. The smallest absolute Gasteiger partial charge is 0.305 e. The van der Waals surface area contributed by atoms with Gasteiger partial charge in [-0.05, 0) is 67.6 Å². The van der Waals surface area contributed by atoms with Crippen LogP contribution in [0.5, 0.6) is 0 Å². The number of carboxylic acids is 1. The van der Waals surface area contributed by atoms with E-state index in [9.17, 15) is 19.2 Å². The molecule has 0 aliphatic rings. The Labute approximate surface area is 241 Å². The molecule has 2 aromatic carbocycles. The molecule has 4 N–H and O–H groups in total. The number of hydrogen-bond donors (Lipinski definition) is 4. The van der Waals surface area contributed by atoms with E-state index < -0.39 is 30.1 Å². The summed E-state index contributed by atoms with van der Waals surface area (Å²) in [6.07, 6.45) is 2.99. The van der Waals surface area contributed by atoms with Gasteiger partial charge in [0.15, 0.2) is 5.78 Å². The zero-order valence-corrected chi connectivity index (χ0v) is 23.3. The molecule has 2 heterocycles. The van der Waals surface area contributed by atoms with Crippen molar-refractivity contribution < 1.29 is 24.3 Å². The zero-order chi connectivity index (χ0) is 29.2. The number of aromatic nitrogens is 2. The van der Waals surface area contributed by atoms with Gasteiger partial charge in [0.25, 0.3) is 5.91 Å². The molecule has 0 unspecified atom stereocenters. The molecule has 0 saturated carbocycles. The zero-order valence-electron chi connectivity index (χ0n) is 22.5. The van der Waals surface area contributed by atoms with Crippen LogP contribution in [0.4, 0.5) is 11.5 Å². The maximum atomic E-state index is 13.0. The van der Waals surface area contributed by atoms with Crippen molar-refractivity contribution in [3.05, 3.63) is 82.7 Å². The number of hydrogen-bond acceptors (Lipinski definition) is 8. The molecule has 11 heteroatoms. The summed E-state index contributed by atoms with van der Waals surface area (Å²) in [7, 11) is 0. The predicted molar refractivity (Wildman–Crippen MR) is 157 cm³/mol. The number of Topliss-reactive ketones (excluding diaryl/α,β-unsaturated/α-hetero) is 1. The number of carbonyl (C=O) groups excluding carboxylic acids is 3. The molecule has 4 rings (SSSR count). The van der Waals surface area contributed by atoms with Crippen molar-refractivity contribution in [3.63, 3.8) is 0 Å². The van der Waals surface area contributed by atoms with Gasteiger partial charge in [0.2, 0.25) is 5.91 Å². The van der Waals surface area contributed by atoms with E-state index in [0.717, 1.165) is 21.6 Å². The van der Waals surface area contributed by atoms with E-state index in [1.807, 2.05) is 41.8 Å². The van der Waals surface area contributed by atoms with Crippen LogP contribution in [-0.4, -0.2) is 51.2 Å². The molecule has 0 bridgehead atoms. The second kappa shape index (κ2) is 14.1. The number of ketones is 1. The van der Waals surface area contributed by atoms with Gasteiger partial charge in [-0.25, -0.2) is 4.98 Å². The highest BCUT2D eigenvalue weighted by Gasteiger charge is 2.27. The Morgan fingerprint density at radius 2 is 1.71 bits per heavy atom. The van der Waals surface area contributed by atoms with Crippen molar-refractivity contribution in [2.75, 3.05) is 11.9 Å². The molecule has 0 aliphatic carbocycles. The highest BCUT2D eigenvalue weighted by Crippen LogP contribution is 2.27. The molecule has 10 nitrogen and oxygen atoms in total. The van der Waals surface area contributed by atoms with E-state index in [4.69, 9.17) is 5.11 Å². The Balaban J connectivity index is 1.25. The van der Waals surface area contributed by atoms with Crippen LogP contribution in [0.1, 0.15) is 53.8 Å². The lowest BCUT2D eigenvalue weighted by Gasteiger charge is -2.20. The number of fused-ring (bicyclic) bond motifs is 1. The number of para-hydroxylation sites is 2. The molecule has 2 atom stereocenters. The van der Waals surface area contributed by atoms with Gasteiger partial charge < -0.3 is 21.1 Å². The number of aliphatic carboxylic acids is 1. The van der Waals surface area contributed by atoms with E-state index in [-0.39, 0.29) is 11.8 Å². The number of nitrogens with zero attached hydrogens (tertiary/aromatic N) is 2. The van der Waals surface area contributed by atoms with Gasteiger partial charge >= 0.3 is 5.97 Å². The van der Waals surface area contributed by atoms with E-state index in [2.05, 4.69) is 25.9 Å². The summed E-state index contributed by atoms with van der Waals surface area (Å²) in [6, 6.07) is 17.3. The van der Waals surface area contributed by atoms with E-state index in [1.54, 1.807) is 30.5 Å². The van der Waals surface area contributed by atoms with Crippen LogP contribution in [0.25, 0.3) is 11.0 Å². The summed E-state index contributed by atoms with van der Waals surface area (Å²) in [6.45, 7) is 1.69. The first kappa shape index (κ1) is 29.3.